The molecule has 1 N–H and O–H groups in total. The summed E-state index contributed by atoms with van der Waals surface area (Å²) in [6.07, 6.45) is 3.37. The first-order chi connectivity index (χ1) is 14.6. The predicted octanol–water partition coefficient (Wildman–Crippen LogP) is 4.34. The zero-order chi connectivity index (χ0) is 20.9. The van der Waals surface area contributed by atoms with E-state index in [4.69, 9.17) is 4.98 Å². The van der Waals surface area contributed by atoms with E-state index in [0.717, 1.165) is 60.7 Å². The highest BCUT2D eigenvalue weighted by atomic mass is 16.1. The number of nitrogens with one attached hydrogen (secondary N) is 1. The third-order valence-corrected chi connectivity index (χ3v) is 5.59. The molecule has 2 heterocycles. The molecule has 0 saturated carbocycles. The second-order valence-electron chi connectivity index (χ2n) is 7.69. The molecular weight excluding hydrogens is 372 g/mol. The van der Waals surface area contributed by atoms with Gasteiger partial charge < -0.3 is 15.1 Å². The monoisotopic (exact) mass is 400 g/mol. The van der Waals surface area contributed by atoms with Crippen molar-refractivity contribution in [2.45, 2.75) is 13.8 Å². The van der Waals surface area contributed by atoms with Crippen LogP contribution < -0.4 is 10.2 Å². The molecule has 3 aromatic rings. The summed E-state index contributed by atoms with van der Waals surface area (Å²) in [5.41, 5.74) is 3.89. The van der Waals surface area contributed by atoms with Crippen LogP contribution in [0.4, 0.5) is 11.5 Å². The van der Waals surface area contributed by atoms with Gasteiger partial charge in [0.1, 0.15) is 5.82 Å². The molecule has 0 spiro atoms. The topological polar surface area (TPSA) is 48.5 Å². The molecule has 0 aliphatic carbocycles. The van der Waals surface area contributed by atoms with Crippen molar-refractivity contribution in [2.24, 2.45) is 0 Å². The number of rotatable bonds is 5. The molecule has 4 rings (SSSR count). The zero-order valence-corrected chi connectivity index (χ0v) is 17.6. The standard InChI is InChI=1S/C25H28N4O/c1-3-28-13-15-29(16-14-28)25-19(2)17-21-18-22(10-11-23(21)27-25)26-24(30)12-9-20-7-5-4-6-8-20/h4-12,17-18H,3,13-16H2,1-2H3,(H,26,30). The lowest BCUT2D eigenvalue weighted by Gasteiger charge is -2.35. The maximum atomic E-state index is 12.3. The fourth-order valence-electron chi connectivity index (χ4n) is 3.87. The lowest BCUT2D eigenvalue weighted by molar-refractivity contribution is -0.111. The van der Waals surface area contributed by atoms with Crippen LogP contribution in [0.15, 0.2) is 60.7 Å². The molecule has 30 heavy (non-hydrogen) atoms. The van der Waals surface area contributed by atoms with Gasteiger partial charge in [-0.25, -0.2) is 4.98 Å². The maximum Gasteiger partial charge on any atom is 0.248 e. The van der Waals surface area contributed by atoms with Gasteiger partial charge in [-0.1, -0.05) is 37.3 Å². The molecular formula is C25H28N4O. The SMILES string of the molecule is CCN1CCN(c2nc3ccc(NC(=O)C=Cc4ccccc4)cc3cc2C)CC1. The summed E-state index contributed by atoms with van der Waals surface area (Å²) in [4.78, 5) is 22.0. The zero-order valence-electron chi connectivity index (χ0n) is 17.6. The van der Waals surface area contributed by atoms with Crippen LogP contribution in [0, 0.1) is 6.92 Å². The van der Waals surface area contributed by atoms with Crippen LogP contribution in [0.2, 0.25) is 0 Å². The molecule has 1 aliphatic rings. The highest BCUT2D eigenvalue weighted by Gasteiger charge is 2.18. The molecule has 1 aromatic heterocycles. The van der Waals surface area contributed by atoms with Crippen molar-refractivity contribution < 1.29 is 4.79 Å². The summed E-state index contributed by atoms with van der Waals surface area (Å²) in [6, 6.07) is 17.8. The van der Waals surface area contributed by atoms with Crippen molar-refractivity contribution in [2.75, 3.05) is 42.9 Å². The van der Waals surface area contributed by atoms with Gasteiger partial charge in [0, 0.05) is 43.3 Å². The van der Waals surface area contributed by atoms with Crippen LogP contribution in [0.25, 0.3) is 17.0 Å². The number of hydrogen-bond donors (Lipinski definition) is 1. The molecule has 0 radical (unpaired) electrons. The fourth-order valence-corrected chi connectivity index (χ4v) is 3.87. The second-order valence-corrected chi connectivity index (χ2v) is 7.69. The first-order valence-corrected chi connectivity index (χ1v) is 10.5. The minimum absolute atomic E-state index is 0.145. The summed E-state index contributed by atoms with van der Waals surface area (Å²) >= 11 is 0. The van der Waals surface area contributed by atoms with Gasteiger partial charge in [0.2, 0.25) is 5.91 Å². The van der Waals surface area contributed by atoms with E-state index in [1.54, 1.807) is 6.08 Å². The lowest BCUT2D eigenvalue weighted by atomic mass is 10.1. The number of carbonyl (C=O) groups excluding carboxylic acids is 1. The molecule has 0 unspecified atom stereocenters. The van der Waals surface area contributed by atoms with Crippen molar-refractivity contribution in [1.82, 2.24) is 9.88 Å². The van der Waals surface area contributed by atoms with Gasteiger partial charge in [-0.3, -0.25) is 4.79 Å². The van der Waals surface area contributed by atoms with Crippen LogP contribution in [0.1, 0.15) is 18.1 Å². The Hall–Kier alpha value is -3.18. The normalized spacial score (nSPS) is 15.1. The van der Waals surface area contributed by atoms with Crippen molar-refractivity contribution in [3.63, 3.8) is 0 Å². The van der Waals surface area contributed by atoms with Crippen LogP contribution >= 0.6 is 0 Å². The Kier molecular flexibility index (Phi) is 6.10. The summed E-state index contributed by atoms with van der Waals surface area (Å²) in [5, 5.41) is 3.98. The number of pyridine rings is 1. The Bertz CT molecular complexity index is 1050. The van der Waals surface area contributed by atoms with Gasteiger partial charge in [-0.15, -0.1) is 0 Å². The summed E-state index contributed by atoms with van der Waals surface area (Å²) in [7, 11) is 0. The van der Waals surface area contributed by atoms with E-state index < -0.39 is 0 Å². The van der Waals surface area contributed by atoms with E-state index >= 15 is 0 Å². The molecule has 1 amide bonds. The van der Waals surface area contributed by atoms with E-state index in [9.17, 15) is 4.79 Å². The Balaban J connectivity index is 1.48. The third-order valence-electron chi connectivity index (χ3n) is 5.59. The second kappa shape index (κ2) is 9.09. The number of aromatic nitrogens is 1. The van der Waals surface area contributed by atoms with Crippen LogP contribution in [-0.4, -0.2) is 48.5 Å². The largest absolute Gasteiger partial charge is 0.354 e. The summed E-state index contributed by atoms with van der Waals surface area (Å²) < 4.78 is 0. The van der Waals surface area contributed by atoms with Crippen molar-refractivity contribution in [3.05, 3.63) is 71.8 Å². The number of nitrogens with zero attached hydrogens (tertiary/aromatic N) is 3. The van der Waals surface area contributed by atoms with Crippen molar-refractivity contribution >= 4 is 34.4 Å². The molecule has 5 heteroatoms. The van der Waals surface area contributed by atoms with E-state index in [0.29, 0.717) is 0 Å². The highest BCUT2D eigenvalue weighted by molar-refractivity contribution is 6.03. The number of piperazine rings is 1. The number of fused-ring (bicyclic) bond motifs is 1. The minimum atomic E-state index is -0.145. The lowest BCUT2D eigenvalue weighted by Crippen LogP contribution is -2.46. The number of hydrogen-bond acceptors (Lipinski definition) is 4. The number of aryl methyl sites for hydroxylation is 1. The van der Waals surface area contributed by atoms with Crippen LogP contribution in [0.5, 0.6) is 0 Å². The molecule has 154 valence electrons. The van der Waals surface area contributed by atoms with Gasteiger partial charge >= 0.3 is 0 Å². The smallest absolute Gasteiger partial charge is 0.248 e. The molecule has 0 bridgehead atoms. The Morgan fingerprint density at radius 2 is 1.83 bits per heavy atom. The Labute approximate surface area is 178 Å². The molecule has 5 nitrogen and oxygen atoms in total. The number of amides is 1. The summed E-state index contributed by atoms with van der Waals surface area (Å²) in [6.45, 7) is 9.61. The average Bonchev–Trinajstić information content (AvgIpc) is 2.78. The molecule has 0 atom stereocenters. The van der Waals surface area contributed by atoms with Gasteiger partial charge in [0.05, 0.1) is 5.52 Å². The average molecular weight is 401 g/mol. The Morgan fingerprint density at radius 3 is 2.57 bits per heavy atom. The van der Waals surface area contributed by atoms with Gasteiger partial charge in [-0.05, 0) is 54.9 Å². The summed E-state index contributed by atoms with van der Waals surface area (Å²) in [5.74, 6) is 0.925. The number of anilines is 2. The van der Waals surface area contributed by atoms with E-state index in [-0.39, 0.29) is 5.91 Å². The quantitative estimate of drug-likeness (QED) is 0.648. The maximum absolute atomic E-state index is 12.3. The van der Waals surface area contributed by atoms with Crippen molar-refractivity contribution in [1.29, 1.82) is 0 Å². The molecule has 2 aromatic carbocycles. The Morgan fingerprint density at radius 1 is 1.07 bits per heavy atom. The minimum Gasteiger partial charge on any atom is -0.354 e. The van der Waals surface area contributed by atoms with E-state index in [1.165, 1.54) is 5.56 Å². The van der Waals surface area contributed by atoms with Crippen LogP contribution in [-0.2, 0) is 4.79 Å². The number of benzene rings is 2. The molecule has 1 aliphatic heterocycles. The fraction of sp³-hybridized carbons (Fsp3) is 0.280. The predicted molar refractivity (Wildman–Crippen MR) is 125 cm³/mol. The first kappa shape index (κ1) is 20.1. The number of carbonyl (C=O) groups is 1. The number of likely N-dealkylation sites (N-methyl/N-ethyl adjacent to an activating group) is 1. The third kappa shape index (κ3) is 4.69. The van der Waals surface area contributed by atoms with Gasteiger partial charge in [-0.2, -0.15) is 0 Å². The van der Waals surface area contributed by atoms with E-state index in [2.05, 4.69) is 35.0 Å². The first-order valence-electron chi connectivity index (χ1n) is 10.5. The highest BCUT2D eigenvalue weighted by Crippen LogP contribution is 2.26. The van der Waals surface area contributed by atoms with Gasteiger partial charge in [0.15, 0.2) is 0 Å². The molecule has 1 saturated heterocycles. The van der Waals surface area contributed by atoms with E-state index in [1.807, 2.05) is 54.6 Å². The van der Waals surface area contributed by atoms with Crippen LogP contribution in [0.3, 0.4) is 0 Å². The molecule has 1 fully saturated rings. The van der Waals surface area contributed by atoms with Crippen molar-refractivity contribution in [3.8, 4) is 0 Å². The van der Waals surface area contributed by atoms with Gasteiger partial charge in [0.25, 0.3) is 0 Å².